The highest BCUT2D eigenvalue weighted by atomic mass is 19.2. The molecule has 1 aromatic rings. The maximum atomic E-state index is 13.5. The molecule has 0 aliphatic carbocycles. The van der Waals surface area contributed by atoms with E-state index in [9.17, 15) is 22.8 Å². The second-order valence-corrected chi connectivity index (χ2v) is 6.83. The predicted molar refractivity (Wildman–Crippen MR) is 86.5 cm³/mol. The largest absolute Gasteiger partial charge is 0.342 e. The lowest BCUT2D eigenvalue weighted by molar-refractivity contribution is -0.904. The van der Waals surface area contributed by atoms with Crippen LogP contribution in [-0.2, 0) is 9.59 Å². The average molecular weight is 358 g/mol. The number of amides is 2. The van der Waals surface area contributed by atoms with Gasteiger partial charge in [-0.25, -0.2) is 13.2 Å². The number of hydrogen-bond acceptors (Lipinski definition) is 2. The Morgan fingerprint density at radius 2 is 1.72 bits per heavy atom. The molecule has 3 N–H and O–H groups in total. The number of anilines is 1. The van der Waals surface area contributed by atoms with Gasteiger partial charge in [-0.1, -0.05) is 13.8 Å². The summed E-state index contributed by atoms with van der Waals surface area (Å²) in [6, 6.07) is 1.64. The molecule has 2 rings (SSSR count). The third kappa shape index (κ3) is 5.45. The van der Waals surface area contributed by atoms with Crippen LogP contribution >= 0.6 is 0 Å². The SMILES string of the molecule is C[C@@H]1C[C@H](C)C[NH+](CC(=O)NCC(=O)Nc2ccc(F)c(F)c2F)C1. The maximum Gasteiger partial charge on any atom is 0.275 e. The first-order valence-electron chi connectivity index (χ1n) is 8.29. The molecule has 0 bridgehead atoms. The summed E-state index contributed by atoms with van der Waals surface area (Å²) in [5.74, 6) is -4.36. The standard InChI is InChI=1S/C17H22F3N3O2/c1-10-5-11(2)8-23(7-10)9-15(25)21-6-14(24)22-13-4-3-12(18)16(19)17(13)20/h3-4,10-11H,5-9H2,1-2H3,(H,21,25)(H,22,24)/p+1/t10-,11+. The summed E-state index contributed by atoms with van der Waals surface area (Å²) in [6.45, 7) is 6.01. The quantitative estimate of drug-likeness (QED) is 0.680. The Morgan fingerprint density at radius 3 is 2.36 bits per heavy atom. The summed E-state index contributed by atoms with van der Waals surface area (Å²) in [7, 11) is 0. The number of nitrogens with one attached hydrogen (secondary N) is 3. The predicted octanol–water partition coefficient (Wildman–Crippen LogP) is 0.719. The lowest BCUT2D eigenvalue weighted by Gasteiger charge is -2.31. The van der Waals surface area contributed by atoms with Crippen molar-refractivity contribution in [3.63, 3.8) is 0 Å². The Balaban J connectivity index is 1.80. The fourth-order valence-corrected chi connectivity index (χ4v) is 3.35. The minimum absolute atomic E-state index is 0.265. The third-order valence-corrected chi connectivity index (χ3v) is 4.24. The Kier molecular flexibility index (Phi) is 6.41. The molecule has 1 heterocycles. The second-order valence-electron chi connectivity index (χ2n) is 6.83. The van der Waals surface area contributed by atoms with E-state index >= 15 is 0 Å². The number of likely N-dealkylation sites (tertiary alicyclic amines) is 1. The molecule has 2 amide bonds. The molecule has 25 heavy (non-hydrogen) atoms. The number of piperidine rings is 1. The molecule has 0 radical (unpaired) electrons. The summed E-state index contributed by atoms with van der Waals surface area (Å²) in [4.78, 5) is 24.9. The lowest BCUT2D eigenvalue weighted by atomic mass is 9.92. The van der Waals surface area contributed by atoms with Crippen LogP contribution in [0, 0.1) is 29.3 Å². The van der Waals surface area contributed by atoms with Gasteiger partial charge in [0.15, 0.2) is 24.0 Å². The van der Waals surface area contributed by atoms with Gasteiger partial charge in [-0.15, -0.1) is 0 Å². The van der Waals surface area contributed by atoms with E-state index in [0.29, 0.717) is 17.9 Å². The van der Waals surface area contributed by atoms with Crippen LogP contribution in [0.1, 0.15) is 20.3 Å². The van der Waals surface area contributed by atoms with Crippen molar-refractivity contribution < 1.29 is 27.7 Å². The fourth-order valence-electron chi connectivity index (χ4n) is 3.35. The van der Waals surface area contributed by atoms with E-state index < -0.39 is 29.0 Å². The van der Waals surface area contributed by atoms with Crippen molar-refractivity contribution in [1.82, 2.24) is 5.32 Å². The first-order chi connectivity index (χ1) is 11.8. The van der Waals surface area contributed by atoms with E-state index in [1.165, 1.54) is 0 Å². The zero-order valence-electron chi connectivity index (χ0n) is 14.3. The summed E-state index contributed by atoms with van der Waals surface area (Å²) in [5, 5.41) is 4.57. The van der Waals surface area contributed by atoms with Crippen LogP contribution in [0.4, 0.5) is 18.9 Å². The van der Waals surface area contributed by atoms with Crippen molar-refractivity contribution >= 4 is 17.5 Å². The van der Waals surface area contributed by atoms with Gasteiger partial charge >= 0.3 is 0 Å². The van der Waals surface area contributed by atoms with Gasteiger partial charge in [0.25, 0.3) is 5.91 Å². The second kappa shape index (κ2) is 8.33. The minimum Gasteiger partial charge on any atom is -0.342 e. The Morgan fingerprint density at radius 1 is 1.08 bits per heavy atom. The highest BCUT2D eigenvalue weighted by Crippen LogP contribution is 2.19. The zero-order chi connectivity index (χ0) is 18.6. The highest BCUT2D eigenvalue weighted by Gasteiger charge is 2.26. The number of carbonyl (C=O) groups excluding carboxylic acids is 2. The molecule has 5 nitrogen and oxygen atoms in total. The highest BCUT2D eigenvalue weighted by molar-refractivity contribution is 5.94. The van der Waals surface area contributed by atoms with Gasteiger partial charge in [0.2, 0.25) is 5.91 Å². The van der Waals surface area contributed by atoms with Gasteiger partial charge < -0.3 is 15.5 Å². The molecule has 1 fully saturated rings. The van der Waals surface area contributed by atoms with Crippen molar-refractivity contribution in [2.45, 2.75) is 20.3 Å². The third-order valence-electron chi connectivity index (χ3n) is 4.24. The molecule has 138 valence electrons. The van der Waals surface area contributed by atoms with E-state index in [1.807, 2.05) is 0 Å². The first kappa shape index (κ1) is 19.2. The summed E-state index contributed by atoms with van der Waals surface area (Å²) in [6.07, 6.45) is 1.15. The van der Waals surface area contributed by atoms with Gasteiger partial charge in [0.1, 0.15) is 0 Å². The Hall–Kier alpha value is -2.09. The number of hydrogen-bond donors (Lipinski definition) is 3. The zero-order valence-corrected chi connectivity index (χ0v) is 14.3. The van der Waals surface area contributed by atoms with Crippen molar-refractivity contribution in [2.24, 2.45) is 11.8 Å². The van der Waals surface area contributed by atoms with E-state index in [0.717, 1.165) is 30.5 Å². The molecule has 1 aliphatic heterocycles. The summed E-state index contributed by atoms with van der Waals surface area (Å²) >= 11 is 0. The van der Waals surface area contributed by atoms with Crippen molar-refractivity contribution in [3.05, 3.63) is 29.6 Å². The molecule has 8 heteroatoms. The van der Waals surface area contributed by atoms with Gasteiger partial charge in [0, 0.05) is 11.8 Å². The number of carbonyl (C=O) groups is 2. The fraction of sp³-hybridized carbons (Fsp3) is 0.529. The normalized spacial score (nSPS) is 23.2. The van der Waals surface area contributed by atoms with Crippen LogP contribution in [0.3, 0.4) is 0 Å². The topological polar surface area (TPSA) is 62.6 Å². The smallest absolute Gasteiger partial charge is 0.275 e. The van der Waals surface area contributed by atoms with Crippen LogP contribution in [0.25, 0.3) is 0 Å². The Bertz CT molecular complexity index is 644. The average Bonchev–Trinajstić information content (AvgIpc) is 2.52. The first-order valence-corrected chi connectivity index (χ1v) is 8.29. The van der Waals surface area contributed by atoms with Crippen LogP contribution in [0.2, 0.25) is 0 Å². The van der Waals surface area contributed by atoms with E-state index in [1.54, 1.807) is 0 Å². The molecule has 1 aliphatic rings. The molecular weight excluding hydrogens is 335 g/mol. The molecule has 3 atom stereocenters. The van der Waals surface area contributed by atoms with Crippen LogP contribution in [0.5, 0.6) is 0 Å². The molecule has 0 spiro atoms. The van der Waals surface area contributed by atoms with Gasteiger partial charge in [-0.3, -0.25) is 9.59 Å². The van der Waals surface area contributed by atoms with Crippen molar-refractivity contribution in [2.75, 3.05) is 31.5 Å². The number of quaternary nitrogens is 1. The van der Waals surface area contributed by atoms with Crippen molar-refractivity contribution in [1.29, 1.82) is 0 Å². The summed E-state index contributed by atoms with van der Waals surface area (Å²) < 4.78 is 39.4. The van der Waals surface area contributed by atoms with E-state index in [4.69, 9.17) is 0 Å². The minimum atomic E-state index is -1.65. The number of benzene rings is 1. The van der Waals surface area contributed by atoms with E-state index in [2.05, 4.69) is 24.5 Å². The molecule has 0 aromatic heterocycles. The lowest BCUT2D eigenvalue weighted by Crippen LogP contribution is -3.15. The molecule has 1 saturated heterocycles. The number of halogens is 3. The van der Waals surface area contributed by atoms with Gasteiger partial charge in [-0.2, -0.15) is 0 Å². The molecule has 0 saturated carbocycles. The van der Waals surface area contributed by atoms with Crippen LogP contribution in [-0.4, -0.2) is 38.0 Å². The summed E-state index contributed by atoms with van der Waals surface area (Å²) in [5.41, 5.74) is -0.470. The number of rotatable bonds is 5. The van der Waals surface area contributed by atoms with Crippen LogP contribution in [0.15, 0.2) is 12.1 Å². The molecule has 1 unspecified atom stereocenters. The monoisotopic (exact) mass is 358 g/mol. The maximum absolute atomic E-state index is 13.5. The molecule has 1 aromatic carbocycles. The Labute approximate surface area is 144 Å². The van der Waals surface area contributed by atoms with E-state index in [-0.39, 0.29) is 19.0 Å². The van der Waals surface area contributed by atoms with Crippen molar-refractivity contribution in [3.8, 4) is 0 Å². The molecular formula is C17H23F3N3O2+. The van der Waals surface area contributed by atoms with Crippen LogP contribution < -0.4 is 15.5 Å². The van der Waals surface area contributed by atoms with Gasteiger partial charge in [0.05, 0.1) is 25.3 Å². The van der Waals surface area contributed by atoms with Gasteiger partial charge in [-0.05, 0) is 18.6 Å².